The molecule has 1 fully saturated rings. The normalized spacial score (nSPS) is 20.6. The van der Waals surface area contributed by atoms with Gasteiger partial charge in [-0.1, -0.05) is 30.3 Å². The summed E-state index contributed by atoms with van der Waals surface area (Å²) in [6.45, 7) is 1.86. The lowest BCUT2D eigenvalue weighted by Gasteiger charge is -2.13. The van der Waals surface area contributed by atoms with Crippen molar-refractivity contribution in [3.05, 3.63) is 52.0 Å². The molecule has 5 nitrogen and oxygen atoms in total. The fraction of sp³-hybridized carbons (Fsp3) is 0.412. The first kappa shape index (κ1) is 16.1. The number of amides is 1. The topological polar surface area (TPSA) is 74.2 Å². The van der Waals surface area contributed by atoms with Gasteiger partial charge in [0, 0.05) is 37.4 Å². The van der Waals surface area contributed by atoms with E-state index in [1.165, 1.54) is 5.56 Å². The van der Waals surface area contributed by atoms with E-state index >= 15 is 0 Å². The van der Waals surface area contributed by atoms with E-state index < -0.39 is 0 Å². The van der Waals surface area contributed by atoms with Crippen LogP contribution in [0.2, 0.25) is 0 Å². The molecule has 3 rings (SSSR count). The maximum absolute atomic E-state index is 12.0. The summed E-state index contributed by atoms with van der Waals surface area (Å²) in [4.78, 5) is 16.5. The number of benzene rings is 1. The summed E-state index contributed by atoms with van der Waals surface area (Å²) in [5, 5.41) is 18.7. The van der Waals surface area contributed by atoms with Crippen LogP contribution in [0.1, 0.15) is 16.3 Å². The number of carbonyl (C=O) groups excluding carboxylic acids is 1. The smallest absolute Gasteiger partial charge is 0.226 e. The lowest BCUT2D eigenvalue weighted by molar-refractivity contribution is -0.120. The Kier molecular flexibility index (Phi) is 5.38. The average molecular weight is 331 g/mol. The second-order valence-electron chi connectivity index (χ2n) is 5.86. The molecule has 0 bridgehead atoms. The van der Waals surface area contributed by atoms with E-state index in [0.29, 0.717) is 19.5 Å². The second-order valence-corrected chi connectivity index (χ2v) is 6.80. The number of hydrogen-bond acceptors (Lipinski definition) is 5. The average Bonchev–Trinajstić information content (AvgIpc) is 3.15. The number of aliphatic hydroxyl groups excluding tert-OH is 1. The van der Waals surface area contributed by atoms with E-state index in [2.05, 4.69) is 27.8 Å². The second kappa shape index (κ2) is 7.68. The first-order valence-electron chi connectivity index (χ1n) is 7.83. The van der Waals surface area contributed by atoms with Crippen molar-refractivity contribution in [2.24, 2.45) is 5.92 Å². The van der Waals surface area contributed by atoms with Gasteiger partial charge in [-0.3, -0.25) is 4.79 Å². The lowest BCUT2D eigenvalue weighted by atomic mass is 10.1. The van der Waals surface area contributed by atoms with Crippen LogP contribution >= 0.6 is 11.3 Å². The number of nitrogens with one attached hydrogen (secondary N) is 2. The Balaban J connectivity index is 1.47. The van der Waals surface area contributed by atoms with Gasteiger partial charge in [-0.2, -0.15) is 0 Å². The monoisotopic (exact) mass is 331 g/mol. The molecule has 0 aliphatic carbocycles. The van der Waals surface area contributed by atoms with Crippen LogP contribution in [0.5, 0.6) is 0 Å². The van der Waals surface area contributed by atoms with Crippen LogP contribution in [0.15, 0.2) is 35.7 Å². The Morgan fingerprint density at radius 2 is 2.17 bits per heavy atom. The molecule has 1 aromatic heterocycles. The van der Waals surface area contributed by atoms with Gasteiger partial charge >= 0.3 is 0 Å². The highest BCUT2D eigenvalue weighted by Gasteiger charge is 2.25. The predicted octanol–water partition coefficient (Wildman–Crippen LogP) is 0.973. The number of carbonyl (C=O) groups is 1. The molecule has 0 spiro atoms. The summed E-state index contributed by atoms with van der Waals surface area (Å²) in [5.41, 5.74) is 2.03. The van der Waals surface area contributed by atoms with Crippen molar-refractivity contribution in [3.63, 3.8) is 0 Å². The van der Waals surface area contributed by atoms with Gasteiger partial charge in [-0.15, -0.1) is 11.3 Å². The number of β-amino-alcohol motifs (C(OH)–C–C–N with tert-alkyl or cyclic N) is 1. The molecule has 6 heteroatoms. The molecule has 0 radical (unpaired) electrons. The van der Waals surface area contributed by atoms with Crippen molar-refractivity contribution in [3.8, 4) is 0 Å². The highest BCUT2D eigenvalue weighted by atomic mass is 32.1. The maximum Gasteiger partial charge on any atom is 0.226 e. The highest BCUT2D eigenvalue weighted by molar-refractivity contribution is 7.09. The van der Waals surface area contributed by atoms with E-state index in [0.717, 1.165) is 23.7 Å². The van der Waals surface area contributed by atoms with Gasteiger partial charge in [0.05, 0.1) is 23.2 Å². The first-order chi connectivity index (χ1) is 11.2. The van der Waals surface area contributed by atoms with Crippen LogP contribution in [0.25, 0.3) is 0 Å². The zero-order chi connectivity index (χ0) is 16.1. The van der Waals surface area contributed by atoms with Gasteiger partial charge in [-0.25, -0.2) is 4.98 Å². The van der Waals surface area contributed by atoms with Crippen LogP contribution in [-0.2, 0) is 17.6 Å². The number of nitrogens with zero attached hydrogens (tertiary/aromatic N) is 1. The fourth-order valence-corrected chi connectivity index (χ4v) is 3.51. The molecule has 1 amide bonds. The summed E-state index contributed by atoms with van der Waals surface area (Å²) in [5.74, 6) is 0.0590. The molecular formula is C17H21N3O2S. The van der Waals surface area contributed by atoms with Gasteiger partial charge in [0.2, 0.25) is 5.91 Å². The Hall–Kier alpha value is -1.76. The Morgan fingerprint density at radius 3 is 2.91 bits per heavy atom. The number of aromatic nitrogens is 1. The van der Waals surface area contributed by atoms with Gasteiger partial charge in [0.25, 0.3) is 0 Å². The Labute approximate surface area is 139 Å². The van der Waals surface area contributed by atoms with Crippen molar-refractivity contribution in [2.45, 2.75) is 18.9 Å². The van der Waals surface area contributed by atoms with Crippen molar-refractivity contribution < 1.29 is 9.90 Å². The zero-order valence-electron chi connectivity index (χ0n) is 12.9. The third kappa shape index (κ3) is 4.60. The van der Waals surface area contributed by atoms with Crippen LogP contribution in [0.3, 0.4) is 0 Å². The van der Waals surface area contributed by atoms with E-state index in [1.807, 2.05) is 23.6 Å². The molecule has 3 N–H and O–H groups in total. The number of aliphatic hydroxyl groups is 1. The molecule has 2 atom stereocenters. The molecule has 23 heavy (non-hydrogen) atoms. The first-order valence-corrected chi connectivity index (χ1v) is 8.71. The number of rotatable bonds is 6. The van der Waals surface area contributed by atoms with Crippen molar-refractivity contribution >= 4 is 17.2 Å². The van der Waals surface area contributed by atoms with Crippen LogP contribution in [0, 0.1) is 5.92 Å². The quantitative estimate of drug-likeness (QED) is 0.737. The Morgan fingerprint density at radius 1 is 1.35 bits per heavy atom. The minimum Gasteiger partial charge on any atom is -0.391 e. The van der Waals surface area contributed by atoms with Gasteiger partial charge in [-0.05, 0) is 5.56 Å². The molecule has 1 aliphatic heterocycles. The van der Waals surface area contributed by atoms with Gasteiger partial charge in [0.1, 0.15) is 0 Å². The molecule has 1 saturated heterocycles. The summed E-state index contributed by atoms with van der Waals surface area (Å²) < 4.78 is 0. The highest BCUT2D eigenvalue weighted by Crippen LogP contribution is 2.15. The van der Waals surface area contributed by atoms with Crippen molar-refractivity contribution in [2.75, 3.05) is 19.6 Å². The van der Waals surface area contributed by atoms with E-state index in [4.69, 9.17) is 0 Å². The third-order valence-corrected chi connectivity index (χ3v) is 4.90. The summed E-state index contributed by atoms with van der Waals surface area (Å²) >= 11 is 1.59. The molecule has 1 aliphatic rings. The maximum atomic E-state index is 12.0. The molecular weight excluding hydrogens is 310 g/mol. The molecule has 2 aromatic rings. The number of hydrogen-bond donors (Lipinski definition) is 3. The van der Waals surface area contributed by atoms with E-state index in [9.17, 15) is 9.90 Å². The van der Waals surface area contributed by atoms with Crippen LogP contribution in [-0.4, -0.2) is 41.7 Å². The van der Waals surface area contributed by atoms with Gasteiger partial charge in [0.15, 0.2) is 0 Å². The molecule has 0 saturated carbocycles. The summed E-state index contributed by atoms with van der Waals surface area (Å²) in [6, 6.07) is 10.2. The standard InChI is InChI=1S/C17H21N3O2S/c21-15-10-18-8-13(15)9-19-16(22)7-14-11-23-17(20-14)6-12-4-2-1-3-5-12/h1-5,11,13,15,18,21H,6-10H2,(H,19,22). The number of thiazole rings is 1. The van der Waals surface area contributed by atoms with Crippen LogP contribution in [0.4, 0.5) is 0 Å². The minimum absolute atomic E-state index is 0.0411. The minimum atomic E-state index is -0.368. The molecule has 1 aromatic carbocycles. The zero-order valence-corrected chi connectivity index (χ0v) is 13.7. The largest absolute Gasteiger partial charge is 0.391 e. The van der Waals surface area contributed by atoms with Crippen molar-refractivity contribution in [1.29, 1.82) is 0 Å². The Bertz CT molecular complexity index is 644. The third-order valence-electron chi connectivity index (χ3n) is 4.00. The summed E-state index contributed by atoms with van der Waals surface area (Å²) in [6.07, 6.45) is 0.723. The molecule has 2 heterocycles. The predicted molar refractivity (Wildman–Crippen MR) is 90.4 cm³/mol. The SMILES string of the molecule is O=C(Cc1csc(Cc2ccccc2)n1)NCC1CNCC1O. The van der Waals surface area contributed by atoms with Crippen LogP contribution < -0.4 is 10.6 Å². The lowest BCUT2D eigenvalue weighted by Crippen LogP contribution is -2.35. The molecule has 2 unspecified atom stereocenters. The van der Waals surface area contributed by atoms with E-state index in [-0.39, 0.29) is 17.9 Å². The molecule has 122 valence electrons. The van der Waals surface area contributed by atoms with Crippen molar-refractivity contribution in [1.82, 2.24) is 15.6 Å². The fourth-order valence-electron chi connectivity index (χ4n) is 2.68. The summed E-state index contributed by atoms with van der Waals surface area (Å²) in [7, 11) is 0. The van der Waals surface area contributed by atoms with E-state index in [1.54, 1.807) is 11.3 Å². The van der Waals surface area contributed by atoms with Gasteiger partial charge < -0.3 is 15.7 Å².